The number of hydrogen-bond acceptors (Lipinski definition) is 4. The number of hydrogen-bond donors (Lipinski definition) is 2. The molecule has 0 radical (unpaired) electrons. The van der Waals surface area contributed by atoms with Gasteiger partial charge in [0.1, 0.15) is 5.02 Å². The molecular weight excluding hydrogens is 282 g/mol. The molecule has 0 unspecified atom stereocenters. The number of benzene rings is 1. The molecule has 0 aliphatic carbocycles. The Balaban J connectivity index is 2.41. The molecule has 1 aromatic heterocycles. The Hall–Kier alpha value is -1.23. The van der Waals surface area contributed by atoms with Crippen LogP contribution in [0, 0.1) is 0 Å². The zero-order chi connectivity index (χ0) is 12.4. The van der Waals surface area contributed by atoms with Crippen molar-refractivity contribution in [3.63, 3.8) is 0 Å². The van der Waals surface area contributed by atoms with Gasteiger partial charge in [-0.05, 0) is 12.1 Å². The molecule has 0 saturated heterocycles. The second-order valence-electron chi connectivity index (χ2n) is 3.15. The highest BCUT2D eigenvalue weighted by molar-refractivity contribution is 6.39. The number of para-hydroxylation sites is 1. The number of halogens is 3. The highest BCUT2D eigenvalue weighted by Crippen LogP contribution is 2.33. The van der Waals surface area contributed by atoms with Gasteiger partial charge < -0.3 is 11.1 Å². The normalized spacial score (nSPS) is 10.3. The smallest absolute Gasteiger partial charge is 0.222 e. The molecular formula is C10H7Cl3N4. The van der Waals surface area contributed by atoms with E-state index >= 15 is 0 Å². The Kier molecular flexibility index (Phi) is 3.57. The molecule has 1 aromatic carbocycles. The van der Waals surface area contributed by atoms with Gasteiger partial charge in [-0.15, -0.1) is 0 Å². The molecule has 0 bridgehead atoms. The molecule has 0 aliphatic rings. The largest absolute Gasteiger partial charge is 0.368 e. The van der Waals surface area contributed by atoms with Crippen molar-refractivity contribution in [3.05, 3.63) is 39.5 Å². The number of anilines is 3. The molecule has 2 rings (SSSR count). The van der Waals surface area contributed by atoms with Crippen LogP contribution in [-0.4, -0.2) is 9.97 Å². The molecule has 1 heterocycles. The lowest BCUT2D eigenvalue weighted by molar-refractivity contribution is 1.18. The third-order valence-corrected chi connectivity index (χ3v) is 2.88. The number of nitrogen functional groups attached to an aromatic ring is 1. The van der Waals surface area contributed by atoms with Gasteiger partial charge in [-0.2, -0.15) is 4.98 Å². The molecule has 2 aromatic rings. The Bertz CT molecular complexity index is 539. The summed E-state index contributed by atoms with van der Waals surface area (Å²) in [7, 11) is 0. The van der Waals surface area contributed by atoms with Crippen LogP contribution in [0.15, 0.2) is 24.4 Å². The lowest BCUT2D eigenvalue weighted by Crippen LogP contribution is -2.01. The van der Waals surface area contributed by atoms with Gasteiger partial charge in [0.2, 0.25) is 5.95 Å². The Morgan fingerprint density at radius 3 is 2.35 bits per heavy atom. The van der Waals surface area contributed by atoms with E-state index in [0.717, 1.165) is 0 Å². The quantitative estimate of drug-likeness (QED) is 0.883. The van der Waals surface area contributed by atoms with Crippen LogP contribution in [0.4, 0.5) is 17.5 Å². The Morgan fingerprint density at radius 1 is 1.06 bits per heavy atom. The standard InChI is InChI=1S/C10H7Cl3N4/c11-5-2-1-3-6(12)8(5)16-9-7(13)4-15-10(14)17-9/h1-4H,(H3,14,15,16,17). The average molecular weight is 290 g/mol. The zero-order valence-corrected chi connectivity index (χ0v) is 10.7. The van der Waals surface area contributed by atoms with Crippen LogP contribution in [0.5, 0.6) is 0 Å². The van der Waals surface area contributed by atoms with Crippen LogP contribution in [0.2, 0.25) is 15.1 Å². The second-order valence-corrected chi connectivity index (χ2v) is 4.37. The Labute approximate surface area is 113 Å². The summed E-state index contributed by atoms with van der Waals surface area (Å²) in [4.78, 5) is 7.71. The van der Waals surface area contributed by atoms with Crippen LogP contribution in [0.3, 0.4) is 0 Å². The van der Waals surface area contributed by atoms with Gasteiger partial charge in [0.25, 0.3) is 0 Å². The van der Waals surface area contributed by atoms with Gasteiger partial charge in [0.15, 0.2) is 5.82 Å². The SMILES string of the molecule is Nc1ncc(Cl)c(Nc2c(Cl)cccc2Cl)n1. The third-order valence-electron chi connectivity index (χ3n) is 1.97. The van der Waals surface area contributed by atoms with Gasteiger partial charge in [-0.3, -0.25) is 0 Å². The monoisotopic (exact) mass is 288 g/mol. The number of nitrogens with one attached hydrogen (secondary N) is 1. The molecule has 0 spiro atoms. The van der Waals surface area contributed by atoms with Crippen LogP contribution in [0.25, 0.3) is 0 Å². The average Bonchev–Trinajstić information content (AvgIpc) is 2.28. The molecule has 0 amide bonds. The van der Waals surface area contributed by atoms with Gasteiger partial charge >= 0.3 is 0 Å². The number of rotatable bonds is 2. The third kappa shape index (κ3) is 2.72. The minimum atomic E-state index is 0.111. The summed E-state index contributed by atoms with van der Waals surface area (Å²) < 4.78 is 0. The van der Waals surface area contributed by atoms with Crippen molar-refractivity contribution in [1.29, 1.82) is 0 Å². The molecule has 3 N–H and O–H groups in total. The fourth-order valence-electron chi connectivity index (χ4n) is 1.20. The maximum absolute atomic E-state index is 6.01. The summed E-state index contributed by atoms with van der Waals surface area (Å²) in [5.74, 6) is 0.467. The maximum Gasteiger partial charge on any atom is 0.222 e. The predicted molar refractivity (Wildman–Crippen MR) is 71.2 cm³/mol. The number of aromatic nitrogens is 2. The molecule has 7 heteroatoms. The zero-order valence-electron chi connectivity index (χ0n) is 8.42. The lowest BCUT2D eigenvalue weighted by Gasteiger charge is -2.10. The van der Waals surface area contributed by atoms with Crippen molar-refractivity contribution in [2.24, 2.45) is 0 Å². The van der Waals surface area contributed by atoms with Crippen LogP contribution in [0.1, 0.15) is 0 Å². The molecule has 0 saturated carbocycles. The van der Waals surface area contributed by atoms with Crippen molar-refractivity contribution in [2.75, 3.05) is 11.1 Å². The van der Waals surface area contributed by atoms with E-state index in [1.807, 2.05) is 0 Å². The van der Waals surface area contributed by atoms with E-state index in [9.17, 15) is 0 Å². The summed E-state index contributed by atoms with van der Waals surface area (Å²) in [6.07, 6.45) is 1.40. The highest BCUT2D eigenvalue weighted by atomic mass is 35.5. The number of nitrogens with two attached hydrogens (primary N) is 1. The van der Waals surface area contributed by atoms with Gasteiger partial charge in [-0.1, -0.05) is 40.9 Å². The minimum Gasteiger partial charge on any atom is -0.368 e. The van der Waals surface area contributed by atoms with E-state index in [4.69, 9.17) is 40.5 Å². The van der Waals surface area contributed by atoms with Crippen LogP contribution in [-0.2, 0) is 0 Å². The van der Waals surface area contributed by atoms with E-state index in [1.54, 1.807) is 18.2 Å². The van der Waals surface area contributed by atoms with E-state index in [-0.39, 0.29) is 5.95 Å². The van der Waals surface area contributed by atoms with Gasteiger partial charge in [-0.25, -0.2) is 4.98 Å². The summed E-state index contributed by atoms with van der Waals surface area (Å²) in [6.45, 7) is 0. The first-order valence-electron chi connectivity index (χ1n) is 4.57. The van der Waals surface area contributed by atoms with Gasteiger partial charge in [0, 0.05) is 0 Å². The molecule has 0 aliphatic heterocycles. The second kappa shape index (κ2) is 4.96. The predicted octanol–water partition coefficient (Wildman–Crippen LogP) is 3.76. The minimum absolute atomic E-state index is 0.111. The first-order valence-corrected chi connectivity index (χ1v) is 5.70. The van der Waals surface area contributed by atoms with Crippen molar-refractivity contribution >= 4 is 52.3 Å². The number of nitrogens with zero attached hydrogens (tertiary/aromatic N) is 2. The molecule has 0 atom stereocenters. The summed E-state index contributed by atoms with van der Waals surface area (Å²) in [6, 6.07) is 5.15. The fourth-order valence-corrected chi connectivity index (χ4v) is 1.83. The van der Waals surface area contributed by atoms with Crippen molar-refractivity contribution in [2.45, 2.75) is 0 Å². The molecule has 88 valence electrons. The van der Waals surface area contributed by atoms with Crippen LogP contribution < -0.4 is 11.1 Å². The van der Waals surface area contributed by atoms with E-state index in [0.29, 0.717) is 26.6 Å². The van der Waals surface area contributed by atoms with Crippen LogP contribution >= 0.6 is 34.8 Å². The first kappa shape index (κ1) is 12.2. The Morgan fingerprint density at radius 2 is 1.71 bits per heavy atom. The molecule has 4 nitrogen and oxygen atoms in total. The van der Waals surface area contributed by atoms with Crippen molar-refractivity contribution in [3.8, 4) is 0 Å². The fraction of sp³-hybridized carbons (Fsp3) is 0. The topological polar surface area (TPSA) is 63.8 Å². The maximum atomic E-state index is 6.01. The van der Waals surface area contributed by atoms with E-state index in [2.05, 4.69) is 15.3 Å². The summed E-state index contributed by atoms with van der Waals surface area (Å²) >= 11 is 17.9. The van der Waals surface area contributed by atoms with E-state index < -0.39 is 0 Å². The van der Waals surface area contributed by atoms with Gasteiger partial charge in [0.05, 0.1) is 21.9 Å². The van der Waals surface area contributed by atoms with Crippen molar-refractivity contribution in [1.82, 2.24) is 9.97 Å². The molecule has 17 heavy (non-hydrogen) atoms. The highest BCUT2D eigenvalue weighted by Gasteiger charge is 2.09. The first-order chi connectivity index (χ1) is 8.08. The van der Waals surface area contributed by atoms with E-state index in [1.165, 1.54) is 6.20 Å². The lowest BCUT2D eigenvalue weighted by atomic mass is 10.3. The summed E-state index contributed by atoms with van der Waals surface area (Å²) in [5.41, 5.74) is 5.99. The molecule has 0 fully saturated rings. The van der Waals surface area contributed by atoms with Crippen molar-refractivity contribution < 1.29 is 0 Å². The summed E-state index contributed by atoms with van der Waals surface area (Å²) in [5, 5.41) is 4.18.